The number of thioether (sulfide) groups is 1. The molecule has 0 fully saturated rings. The fourth-order valence-corrected chi connectivity index (χ4v) is 3.62. The minimum absolute atomic E-state index is 0.00326. The van der Waals surface area contributed by atoms with Crippen molar-refractivity contribution in [3.05, 3.63) is 92.1 Å². The number of carbonyl (C=O) groups excluding carboxylic acids is 2. The molecule has 0 bridgehead atoms. The van der Waals surface area contributed by atoms with Crippen LogP contribution in [0.25, 0.3) is 6.08 Å². The summed E-state index contributed by atoms with van der Waals surface area (Å²) in [5.74, 6) is -1.79. The van der Waals surface area contributed by atoms with Crippen molar-refractivity contribution in [3.63, 3.8) is 0 Å². The lowest BCUT2D eigenvalue weighted by atomic mass is 10.1. The topological polar surface area (TPSA) is 119 Å². The van der Waals surface area contributed by atoms with Crippen molar-refractivity contribution < 1.29 is 24.4 Å². The number of nitrogens with zero attached hydrogens (tertiary/aromatic N) is 2. The van der Waals surface area contributed by atoms with Gasteiger partial charge in [-0.3, -0.25) is 14.9 Å². The summed E-state index contributed by atoms with van der Waals surface area (Å²) in [4.78, 5) is 39.5. The van der Waals surface area contributed by atoms with E-state index in [4.69, 9.17) is 4.74 Å². The number of nitro groups is 1. The molecule has 0 spiro atoms. The maximum absolute atomic E-state index is 12.5. The summed E-state index contributed by atoms with van der Waals surface area (Å²) >= 11 is 0.909. The summed E-state index contributed by atoms with van der Waals surface area (Å²) < 4.78 is 4.98. The molecule has 0 saturated heterocycles. The zero-order valence-electron chi connectivity index (χ0n) is 15.8. The smallest absolute Gasteiger partial charge is 0.344 e. The van der Waals surface area contributed by atoms with Gasteiger partial charge in [0, 0.05) is 17.7 Å². The molecular formula is C21H16N2O6S. The van der Waals surface area contributed by atoms with Crippen LogP contribution in [0.3, 0.4) is 0 Å². The van der Waals surface area contributed by atoms with E-state index in [1.807, 2.05) is 0 Å². The molecule has 0 unspecified atom stereocenters. The van der Waals surface area contributed by atoms with Crippen molar-refractivity contribution in [1.29, 1.82) is 0 Å². The van der Waals surface area contributed by atoms with E-state index in [2.05, 4.69) is 4.99 Å². The molecule has 1 aliphatic rings. The third-order valence-electron chi connectivity index (χ3n) is 3.97. The largest absolute Gasteiger partial charge is 0.506 e. The second-order valence-electron chi connectivity index (χ2n) is 5.99. The number of hydrogen-bond donors (Lipinski definition) is 1. The van der Waals surface area contributed by atoms with Gasteiger partial charge in [-0.05, 0) is 30.7 Å². The minimum Gasteiger partial charge on any atom is -0.506 e. The lowest BCUT2D eigenvalue weighted by molar-refractivity contribution is -0.384. The van der Waals surface area contributed by atoms with Crippen molar-refractivity contribution in [2.45, 2.75) is 6.92 Å². The van der Waals surface area contributed by atoms with Gasteiger partial charge in [-0.2, -0.15) is 0 Å². The number of benzene rings is 2. The normalized spacial score (nSPS) is 16.2. The van der Waals surface area contributed by atoms with Gasteiger partial charge in [-0.25, -0.2) is 9.79 Å². The van der Waals surface area contributed by atoms with Crippen molar-refractivity contribution in [3.8, 4) is 0 Å². The van der Waals surface area contributed by atoms with E-state index in [1.165, 1.54) is 24.3 Å². The molecule has 3 rings (SSSR count). The van der Waals surface area contributed by atoms with Gasteiger partial charge < -0.3 is 9.84 Å². The first-order valence-corrected chi connectivity index (χ1v) is 9.65. The molecule has 1 heterocycles. The summed E-state index contributed by atoms with van der Waals surface area (Å²) in [5, 5.41) is 21.6. The van der Waals surface area contributed by atoms with E-state index < -0.39 is 22.6 Å². The molecule has 1 amide bonds. The lowest BCUT2D eigenvalue weighted by Gasteiger charge is -2.03. The Morgan fingerprint density at radius 1 is 1.20 bits per heavy atom. The van der Waals surface area contributed by atoms with E-state index in [9.17, 15) is 24.8 Å². The average Bonchev–Trinajstić information content (AvgIpc) is 3.03. The predicted octanol–water partition coefficient (Wildman–Crippen LogP) is 4.30. The summed E-state index contributed by atoms with van der Waals surface area (Å²) in [7, 11) is 0. The first kappa shape index (κ1) is 21.0. The van der Waals surface area contributed by atoms with Crippen LogP contribution in [0.15, 0.2) is 75.8 Å². The third-order valence-corrected chi connectivity index (χ3v) is 4.99. The first-order chi connectivity index (χ1) is 14.4. The number of aliphatic hydroxyl groups excluding tert-OH is 1. The van der Waals surface area contributed by atoms with Crippen LogP contribution in [-0.2, 0) is 9.53 Å². The highest BCUT2D eigenvalue weighted by atomic mass is 32.2. The molecule has 0 aliphatic carbocycles. The highest BCUT2D eigenvalue weighted by molar-refractivity contribution is 8.18. The molecule has 0 atom stereocenters. The van der Waals surface area contributed by atoms with Crippen LogP contribution in [0, 0.1) is 10.1 Å². The molecule has 9 heteroatoms. The number of ether oxygens (including phenoxy) is 1. The fraction of sp³-hybridized carbons (Fsp3) is 0.0952. The molecule has 1 aliphatic heterocycles. The van der Waals surface area contributed by atoms with Crippen molar-refractivity contribution in [1.82, 2.24) is 0 Å². The Labute approximate surface area is 175 Å². The van der Waals surface area contributed by atoms with Crippen LogP contribution in [0.1, 0.15) is 22.8 Å². The quantitative estimate of drug-likeness (QED) is 0.432. The van der Waals surface area contributed by atoms with E-state index in [-0.39, 0.29) is 27.8 Å². The molecule has 1 N–H and O–H groups in total. The van der Waals surface area contributed by atoms with E-state index >= 15 is 0 Å². The molecule has 0 aromatic heterocycles. The maximum atomic E-state index is 12.5. The van der Waals surface area contributed by atoms with Crippen LogP contribution in [-0.4, -0.2) is 33.6 Å². The number of rotatable bonds is 5. The number of aliphatic imine (C=N–C) groups is 1. The number of nitro benzene ring substituents is 1. The van der Waals surface area contributed by atoms with E-state index in [0.717, 1.165) is 11.8 Å². The highest BCUT2D eigenvalue weighted by Crippen LogP contribution is 2.39. The second kappa shape index (κ2) is 9.19. The summed E-state index contributed by atoms with van der Waals surface area (Å²) in [6.07, 6.45) is 1.47. The zero-order valence-corrected chi connectivity index (χ0v) is 16.6. The third kappa shape index (κ3) is 4.64. The Morgan fingerprint density at radius 3 is 2.60 bits per heavy atom. The molecule has 0 saturated carbocycles. The Hall–Kier alpha value is -3.72. The van der Waals surface area contributed by atoms with Gasteiger partial charge in [0.15, 0.2) is 0 Å². The van der Waals surface area contributed by atoms with Crippen LogP contribution in [0.5, 0.6) is 0 Å². The highest BCUT2D eigenvalue weighted by Gasteiger charge is 2.34. The van der Waals surface area contributed by atoms with Gasteiger partial charge in [0.1, 0.15) is 16.4 Å². The van der Waals surface area contributed by atoms with Gasteiger partial charge in [-0.15, -0.1) is 0 Å². The molecule has 2 aromatic rings. The van der Waals surface area contributed by atoms with Crippen LogP contribution >= 0.6 is 11.8 Å². The standard InChI is InChI=1S/C21H16N2O6S/c1-2-29-21(26)17-18(24)16(12-13-7-6-10-15(11-13)23(27)28)30-20(17)22-19(25)14-8-4-3-5-9-14/h3-12,24H,2H2,1H3/b16-12-,22-20?. The SMILES string of the molecule is CCOC(=O)C1=C(O)/C(=C/c2cccc([N+](=O)[O-])c2)SC1=NC(=O)c1ccccc1. The van der Waals surface area contributed by atoms with E-state index in [0.29, 0.717) is 11.1 Å². The molecule has 8 nitrogen and oxygen atoms in total. The van der Waals surface area contributed by atoms with Crippen molar-refractivity contribution in [2.75, 3.05) is 6.61 Å². The number of non-ortho nitro benzene ring substituents is 1. The van der Waals surface area contributed by atoms with Gasteiger partial charge in [0.25, 0.3) is 11.6 Å². The predicted molar refractivity (Wildman–Crippen MR) is 113 cm³/mol. The monoisotopic (exact) mass is 424 g/mol. The van der Waals surface area contributed by atoms with Gasteiger partial charge in [-0.1, -0.05) is 42.1 Å². The number of esters is 1. The number of amides is 1. The molecule has 0 radical (unpaired) electrons. The Kier molecular flexibility index (Phi) is 6.43. The molecule has 30 heavy (non-hydrogen) atoms. The van der Waals surface area contributed by atoms with Crippen LogP contribution in [0.2, 0.25) is 0 Å². The average molecular weight is 424 g/mol. The van der Waals surface area contributed by atoms with Crippen LogP contribution < -0.4 is 0 Å². The Morgan fingerprint density at radius 2 is 1.93 bits per heavy atom. The van der Waals surface area contributed by atoms with Gasteiger partial charge in [0.2, 0.25) is 0 Å². The summed E-state index contributed by atoms with van der Waals surface area (Å²) in [5.41, 5.74) is 0.430. The number of aliphatic hydroxyl groups is 1. The summed E-state index contributed by atoms with van der Waals surface area (Å²) in [6, 6.07) is 14.1. The summed E-state index contributed by atoms with van der Waals surface area (Å²) in [6.45, 7) is 1.69. The lowest BCUT2D eigenvalue weighted by Crippen LogP contribution is -2.14. The second-order valence-corrected chi connectivity index (χ2v) is 7.03. The fourth-order valence-electron chi connectivity index (χ4n) is 2.61. The van der Waals surface area contributed by atoms with Gasteiger partial charge >= 0.3 is 5.97 Å². The molecule has 2 aromatic carbocycles. The Balaban J connectivity index is 2.02. The first-order valence-electron chi connectivity index (χ1n) is 8.84. The number of carbonyl (C=O) groups is 2. The van der Waals surface area contributed by atoms with Crippen molar-refractivity contribution >= 4 is 40.4 Å². The molecule has 152 valence electrons. The van der Waals surface area contributed by atoms with E-state index in [1.54, 1.807) is 43.3 Å². The van der Waals surface area contributed by atoms with Gasteiger partial charge in [0.05, 0.1) is 16.4 Å². The number of hydrogen-bond acceptors (Lipinski definition) is 7. The minimum atomic E-state index is -0.815. The molecular weight excluding hydrogens is 408 g/mol. The maximum Gasteiger partial charge on any atom is 0.344 e. The Bertz CT molecular complexity index is 1110. The van der Waals surface area contributed by atoms with Crippen LogP contribution in [0.4, 0.5) is 5.69 Å². The zero-order chi connectivity index (χ0) is 21.7. The van der Waals surface area contributed by atoms with Crippen molar-refractivity contribution in [2.24, 2.45) is 4.99 Å².